The van der Waals surface area contributed by atoms with Gasteiger partial charge in [0.05, 0.1) is 12.4 Å². The first-order chi connectivity index (χ1) is 12.3. The van der Waals surface area contributed by atoms with E-state index < -0.39 is 16.2 Å². The van der Waals surface area contributed by atoms with Crippen molar-refractivity contribution in [2.24, 2.45) is 11.8 Å². The Balaban J connectivity index is 0. The number of carboxylic acid groups (broad SMARTS) is 1. The summed E-state index contributed by atoms with van der Waals surface area (Å²) in [4.78, 5) is 12.5. The Morgan fingerprint density at radius 3 is 1.96 bits per heavy atom. The molecule has 8 heteroatoms. The molecule has 0 N–H and O–H groups in total. The number of carbonyl (C=O) groups excluding carboxylic acids is 1. The molecule has 27 heavy (non-hydrogen) atoms. The van der Waals surface area contributed by atoms with E-state index >= 15 is 0 Å². The summed E-state index contributed by atoms with van der Waals surface area (Å²) in [5.74, 6) is 0.130. The van der Waals surface area contributed by atoms with Crippen LogP contribution < -0.4 is 34.7 Å². The quantitative estimate of drug-likeness (QED) is 0.269. The number of rotatable bonds is 16. The van der Waals surface area contributed by atoms with E-state index in [0.29, 0.717) is 6.54 Å². The van der Waals surface area contributed by atoms with E-state index in [4.69, 9.17) is 4.18 Å². The van der Waals surface area contributed by atoms with Crippen LogP contribution in [0.5, 0.6) is 0 Å². The van der Waals surface area contributed by atoms with Crippen LogP contribution in [0.3, 0.4) is 0 Å². The first-order valence-corrected chi connectivity index (χ1v) is 11.7. The van der Waals surface area contributed by atoms with Crippen LogP contribution in [0, 0.1) is 11.8 Å². The zero-order valence-corrected chi connectivity index (χ0v) is 20.9. The Morgan fingerprint density at radius 1 is 1.00 bits per heavy atom. The van der Waals surface area contributed by atoms with Gasteiger partial charge in [0.15, 0.2) is 0 Å². The third-order valence-corrected chi connectivity index (χ3v) is 6.10. The molecular formula is C19H38NNaO5S. The van der Waals surface area contributed by atoms with Crippen LogP contribution in [0.15, 0.2) is 0 Å². The molecule has 0 rings (SSSR count). The topological polar surface area (TPSA) is 86.7 Å². The second-order valence-electron chi connectivity index (χ2n) is 7.09. The van der Waals surface area contributed by atoms with Crippen LogP contribution in [0.1, 0.15) is 79.1 Å². The van der Waals surface area contributed by atoms with Gasteiger partial charge in [-0.05, 0) is 24.7 Å². The van der Waals surface area contributed by atoms with E-state index in [0.717, 1.165) is 56.3 Å². The minimum Gasteiger partial charge on any atom is -0.530 e. The molecule has 1 amide bonds. The minimum atomic E-state index is -3.73. The molecule has 0 aliphatic carbocycles. The molecule has 6 nitrogen and oxygen atoms in total. The van der Waals surface area contributed by atoms with Gasteiger partial charge in [-0.25, -0.2) is 0 Å². The molecule has 156 valence electrons. The molecule has 0 aromatic heterocycles. The molecule has 0 aromatic carbocycles. The summed E-state index contributed by atoms with van der Waals surface area (Å²) in [7, 11) is -3.73. The third-order valence-electron chi connectivity index (χ3n) is 4.92. The number of unbranched alkanes of at least 4 members (excludes halogenated alkanes) is 2. The summed E-state index contributed by atoms with van der Waals surface area (Å²) in [5, 5.41) is 11.4. The third kappa shape index (κ3) is 14.8. The van der Waals surface area contributed by atoms with Crippen molar-refractivity contribution in [1.82, 2.24) is 4.90 Å². The fourth-order valence-corrected chi connectivity index (χ4v) is 3.83. The first-order valence-electron chi connectivity index (χ1n) is 10.1. The van der Waals surface area contributed by atoms with E-state index in [1.54, 1.807) is 0 Å². The first kappa shape index (κ1) is 29.4. The molecule has 0 aromatic rings. The van der Waals surface area contributed by atoms with Gasteiger partial charge in [0.25, 0.3) is 10.1 Å². The average Bonchev–Trinajstić information content (AvgIpc) is 2.61. The number of hydrogen-bond donors (Lipinski definition) is 0. The summed E-state index contributed by atoms with van der Waals surface area (Å²) >= 11 is 0. The predicted octanol–water partition coefficient (Wildman–Crippen LogP) is 0.415. The fourth-order valence-electron chi connectivity index (χ4n) is 2.87. The van der Waals surface area contributed by atoms with Crippen molar-refractivity contribution in [3.05, 3.63) is 0 Å². The zero-order chi connectivity index (χ0) is 20.0. The normalized spacial score (nSPS) is 13.6. The van der Waals surface area contributed by atoms with Gasteiger partial charge in [-0.1, -0.05) is 66.2 Å². The second kappa shape index (κ2) is 17.1. The number of nitrogens with zero attached hydrogens (tertiary/aromatic N) is 1. The van der Waals surface area contributed by atoms with Gasteiger partial charge in [0.1, 0.15) is 6.09 Å². The fraction of sp³-hybridized carbons (Fsp3) is 0.947. The monoisotopic (exact) mass is 415 g/mol. The van der Waals surface area contributed by atoms with Gasteiger partial charge < -0.3 is 14.8 Å². The maximum Gasteiger partial charge on any atom is 1.00 e. The Morgan fingerprint density at radius 2 is 1.52 bits per heavy atom. The summed E-state index contributed by atoms with van der Waals surface area (Å²) in [6.45, 7) is 8.64. The Kier molecular flexibility index (Phi) is 18.6. The second-order valence-corrected chi connectivity index (χ2v) is 8.85. The van der Waals surface area contributed by atoms with E-state index in [1.807, 2.05) is 13.8 Å². The van der Waals surface area contributed by atoms with E-state index in [-0.39, 0.29) is 60.3 Å². The molecule has 0 spiro atoms. The molecular weight excluding hydrogens is 377 g/mol. The Bertz CT molecular complexity index is 473. The molecule has 0 saturated carbocycles. The Labute approximate surface area is 188 Å². The van der Waals surface area contributed by atoms with Gasteiger partial charge in [-0.15, -0.1) is 0 Å². The van der Waals surface area contributed by atoms with Crippen molar-refractivity contribution >= 4 is 16.2 Å². The van der Waals surface area contributed by atoms with E-state index in [9.17, 15) is 18.3 Å². The van der Waals surface area contributed by atoms with Crippen LogP contribution in [0.4, 0.5) is 4.79 Å². The number of hydrogen-bond acceptors (Lipinski definition) is 5. The van der Waals surface area contributed by atoms with E-state index in [1.165, 1.54) is 0 Å². The van der Waals surface area contributed by atoms with Gasteiger partial charge in [0, 0.05) is 13.1 Å². The zero-order valence-electron chi connectivity index (χ0n) is 18.0. The van der Waals surface area contributed by atoms with Crippen LogP contribution in [-0.4, -0.2) is 44.9 Å². The van der Waals surface area contributed by atoms with Gasteiger partial charge in [0.2, 0.25) is 0 Å². The molecule has 0 heterocycles. The summed E-state index contributed by atoms with van der Waals surface area (Å²) in [6.07, 6.45) is 6.52. The van der Waals surface area contributed by atoms with Gasteiger partial charge >= 0.3 is 29.6 Å². The molecule has 0 saturated heterocycles. The maximum absolute atomic E-state index is 12.1. The van der Waals surface area contributed by atoms with Crippen molar-refractivity contribution in [3.8, 4) is 0 Å². The van der Waals surface area contributed by atoms with Crippen molar-refractivity contribution in [2.45, 2.75) is 79.1 Å². The maximum atomic E-state index is 12.1. The Hall–Kier alpha value is 0.180. The molecule has 2 unspecified atom stereocenters. The van der Waals surface area contributed by atoms with Crippen LogP contribution in [-0.2, 0) is 14.3 Å². The van der Waals surface area contributed by atoms with Crippen molar-refractivity contribution in [2.75, 3.05) is 25.4 Å². The number of carbonyl (C=O) groups is 1. The summed E-state index contributed by atoms with van der Waals surface area (Å²) < 4.78 is 29.4. The number of amides is 1. The van der Waals surface area contributed by atoms with Crippen molar-refractivity contribution in [3.63, 3.8) is 0 Å². The predicted molar refractivity (Wildman–Crippen MR) is 103 cm³/mol. The van der Waals surface area contributed by atoms with Crippen LogP contribution >= 0.6 is 0 Å². The van der Waals surface area contributed by atoms with Crippen molar-refractivity contribution < 1.29 is 52.1 Å². The van der Waals surface area contributed by atoms with Gasteiger partial charge in [-0.2, -0.15) is 8.42 Å². The smallest absolute Gasteiger partial charge is 0.530 e. The molecule has 0 fully saturated rings. The largest absolute Gasteiger partial charge is 1.00 e. The summed E-state index contributed by atoms with van der Waals surface area (Å²) in [5.41, 5.74) is 0. The molecule has 2 atom stereocenters. The van der Waals surface area contributed by atoms with Crippen LogP contribution in [0.25, 0.3) is 0 Å². The molecule has 0 bridgehead atoms. The van der Waals surface area contributed by atoms with Crippen LogP contribution in [0.2, 0.25) is 0 Å². The minimum absolute atomic E-state index is 0. The van der Waals surface area contributed by atoms with Crippen molar-refractivity contribution in [1.29, 1.82) is 0 Å². The summed E-state index contributed by atoms with van der Waals surface area (Å²) in [6, 6.07) is 0. The standard InChI is InChI=1S/C19H39NO5S.Na/c1-5-9-11-17(7-3)15-20(19(21)22)13-14-26(23,24)25-16-18(8-4)12-10-6-2;/h17-18H,5-16H2,1-4H3,(H,21,22);/q;+1/p-1. The molecule has 0 aliphatic heterocycles. The SMILES string of the molecule is CCCCC(CC)COS(=O)(=O)CCN(CC(CC)CCCC)C(=O)[O-].[Na+]. The average molecular weight is 416 g/mol. The molecule has 0 aliphatic rings. The molecule has 0 radical (unpaired) electrons. The van der Waals surface area contributed by atoms with E-state index in [2.05, 4.69) is 13.8 Å². The van der Waals surface area contributed by atoms with Gasteiger partial charge in [-0.3, -0.25) is 4.18 Å².